The molecule has 1 aliphatic rings. The zero-order valence-electron chi connectivity index (χ0n) is 11.2. The summed E-state index contributed by atoms with van der Waals surface area (Å²) < 4.78 is 0. The van der Waals surface area contributed by atoms with Crippen molar-refractivity contribution in [2.24, 2.45) is 5.92 Å². The topological polar surface area (TPSA) is 12.9 Å². The van der Waals surface area contributed by atoms with Crippen molar-refractivity contribution in [1.82, 2.24) is 4.98 Å². The zero-order chi connectivity index (χ0) is 12.3. The summed E-state index contributed by atoms with van der Waals surface area (Å²) in [6, 6.07) is 2.12. The molecule has 1 heteroatoms. The molecular formula is C16H23N. The SMILES string of the molecule is C/C=C\c1c(C)ccnc1C1CCC[C@@H](C)C1. The highest BCUT2D eigenvalue weighted by molar-refractivity contribution is 5.56. The van der Waals surface area contributed by atoms with Crippen molar-refractivity contribution in [3.05, 3.63) is 35.2 Å². The summed E-state index contributed by atoms with van der Waals surface area (Å²) in [5.74, 6) is 1.53. The molecule has 0 amide bonds. The van der Waals surface area contributed by atoms with Gasteiger partial charge < -0.3 is 0 Å². The van der Waals surface area contributed by atoms with Gasteiger partial charge in [-0.25, -0.2) is 0 Å². The average molecular weight is 229 g/mol. The summed E-state index contributed by atoms with van der Waals surface area (Å²) in [5, 5.41) is 0. The molecule has 0 aromatic carbocycles. The van der Waals surface area contributed by atoms with Gasteiger partial charge in [0.1, 0.15) is 0 Å². The standard InChI is InChI=1S/C16H23N/c1-4-6-15-13(3)9-10-17-16(15)14-8-5-7-12(2)11-14/h4,6,9-10,12,14H,5,7-8,11H2,1-3H3/b6-4-/t12-,14?/m1/s1. The second-order valence-corrected chi connectivity index (χ2v) is 5.40. The normalized spacial score (nSPS) is 25.4. The van der Waals surface area contributed by atoms with Gasteiger partial charge >= 0.3 is 0 Å². The van der Waals surface area contributed by atoms with E-state index in [0.29, 0.717) is 5.92 Å². The fraction of sp³-hybridized carbons (Fsp3) is 0.562. The van der Waals surface area contributed by atoms with Crippen molar-refractivity contribution in [3.63, 3.8) is 0 Å². The molecule has 17 heavy (non-hydrogen) atoms. The molecule has 1 heterocycles. The third-order valence-corrected chi connectivity index (χ3v) is 3.90. The molecule has 0 bridgehead atoms. The van der Waals surface area contributed by atoms with Crippen LogP contribution in [0.15, 0.2) is 18.3 Å². The number of nitrogens with zero attached hydrogens (tertiary/aromatic N) is 1. The smallest absolute Gasteiger partial charge is 0.0509 e. The number of hydrogen-bond donors (Lipinski definition) is 0. The summed E-state index contributed by atoms with van der Waals surface area (Å²) in [6.45, 7) is 6.64. The Morgan fingerprint density at radius 1 is 1.35 bits per heavy atom. The van der Waals surface area contributed by atoms with Crippen LogP contribution in [0, 0.1) is 12.8 Å². The lowest BCUT2D eigenvalue weighted by molar-refractivity contribution is 0.339. The van der Waals surface area contributed by atoms with Gasteiger partial charge in [0, 0.05) is 12.1 Å². The lowest BCUT2D eigenvalue weighted by atomic mass is 9.79. The maximum absolute atomic E-state index is 4.66. The van der Waals surface area contributed by atoms with Crippen LogP contribution in [-0.2, 0) is 0 Å². The Morgan fingerprint density at radius 2 is 2.18 bits per heavy atom. The Kier molecular flexibility index (Phi) is 3.98. The van der Waals surface area contributed by atoms with E-state index < -0.39 is 0 Å². The minimum Gasteiger partial charge on any atom is -0.260 e. The van der Waals surface area contributed by atoms with Crippen molar-refractivity contribution in [1.29, 1.82) is 0 Å². The Bertz CT molecular complexity index is 406. The molecule has 1 unspecified atom stereocenters. The molecule has 92 valence electrons. The summed E-state index contributed by atoms with van der Waals surface area (Å²) in [4.78, 5) is 4.66. The van der Waals surface area contributed by atoms with Gasteiger partial charge in [0.2, 0.25) is 0 Å². The molecule has 1 nitrogen and oxygen atoms in total. The molecule has 1 aromatic heterocycles. The van der Waals surface area contributed by atoms with E-state index in [1.54, 1.807) is 0 Å². The van der Waals surface area contributed by atoms with E-state index in [2.05, 4.69) is 44.0 Å². The minimum atomic E-state index is 0.671. The molecule has 0 spiro atoms. The molecule has 1 aliphatic carbocycles. The van der Waals surface area contributed by atoms with Crippen LogP contribution in [0.4, 0.5) is 0 Å². The van der Waals surface area contributed by atoms with Crippen LogP contribution in [0.2, 0.25) is 0 Å². The van der Waals surface area contributed by atoms with Gasteiger partial charge in [-0.2, -0.15) is 0 Å². The van der Waals surface area contributed by atoms with Crippen molar-refractivity contribution >= 4 is 6.08 Å². The van der Waals surface area contributed by atoms with E-state index in [9.17, 15) is 0 Å². The highest BCUT2D eigenvalue weighted by atomic mass is 14.7. The third kappa shape index (κ3) is 2.77. The Morgan fingerprint density at radius 3 is 2.88 bits per heavy atom. The molecule has 2 rings (SSSR count). The Labute approximate surface area is 105 Å². The number of allylic oxidation sites excluding steroid dienone is 1. The predicted octanol–water partition coefficient (Wildman–Crippen LogP) is 4.72. The van der Waals surface area contributed by atoms with Crippen molar-refractivity contribution in [3.8, 4) is 0 Å². The predicted molar refractivity (Wildman–Crippen MR) is 74.1 cm³/mol. The largest absolute Gasteiger partial charge is 0.260 e. The van der Waals surface area contributed by atoms with Gasteiger partial charge in [0.25, 0.3) is 0 Å². The van der Waals surface area contributed by atoms with E-state index in [1.807, 2.05) is 6.20 Å². The third-order valence-electron chi connectivity index (χ3n) is 3.90. The van der Waals surface area contributed by atoms with Gasteiger partial charge in [0.05, 0.1) is 5.69 Å². The van der Waals surface area contributed by atoms with Gasteiger partial charge in [-0.3, -0.25) is 4.98 Å². The number of pyridine rings is 1. The molecule has 0 aliphatic heterocycles. The molecule has 1 fully saturated rings. The fourth-order valence-electron chi connectivity index (χ4n) is 2.98. The summed E-state index contributed by atoms with van der Waals surface area (Å²) >= 11 is 0. The first-order chi connectivity index (χ1) is 8.22. The molecule has 0 radical (unpaired) electrons. The van der Waals surface area contributed by atoms with Crippen molar-refractivity contribution < 1.29 is 0 Å². The van der Waals surface area contributed by atoms with Gasteiger partial charge in [-0.05, 0) is 49.8 Å². The summed E-state index contributed by atoms with van der Waals surface area (Å²) in [5.41, 5.74) is 4.04. The number of hydrogen-bond acceptors (Lipinski definition) is 1. The van der Waals surface area contributed by atoms with Gasteiger partial charge in [0.15, 0.2) is 0 Å². The number of aryl methyl sites for hydroxylation is 1. The first-order valence-corrected chi connectivity index (χ1v) is 6.80. The fourth-order valence-corrected chi connectivity index (χ4v) is 2.98. The lowest BCUT2D eigenvalue weighted by Crippen LogP contribution is -2.14. The first-order valence-electron chi connectivity index (χ1n) is 6.80. The quantitative estimate of drug-likeness (QED) is 0.715. The Balaban J connectivity index is 2.33. The van der Waals surface area contributed by atoms with E-state index in [0.717, 1.165) is 5.92 Å². The van der Waals surface area contributed by atoms with Crippen LogP contribution in [0.25, 0.3) is 6.08 Å². The minimum absolute atomic E-state index is 0.671. The Hall–Kier alpha value is -1.11. The van der Waals surface area contributed by atoms with Crippen LogP contribution in [0.3, 0.4) is 0 Å². The average Bonchev–Trinajstić information content (AvgIpc) is 2.32. The van der Waals surface area contributed by atoms with E-state index in [-0.39, 0.29) is 0 Å². The van der Waals surface area contributed by atoms with E-state index in [4.69, 9.17) is 0 Å². The summed E-state index contributed by atoms with van der Waals surface area (Å²) in [6.07, 6.45) is 11.7. The highest BCUT2D eigenvalue weighted by Crippen LogP contribution is 2.37. The van der Waals surface area contributed by atoms with Crippen molar-refractivity contribution in [2.45, 2.75) is 52.4 Å². The summed E-state index contributed by atoms with van der Waals surface area (Å²) in [7, 11) is 0. The van der Waals surface area contributed by atoms with E-state index >= 15 is 0 Å². The molecule has 0 N–H and O–H groups in total. The molecule has 1 aromatic rings. The van der Waals surface area contributed by atoms with Crippen molar-refractivity contribution in [2.75, 3.05) is 0 Å². The molecule has 1 saturated carbocycles. The maximum Gasteiger partial charge on any atom is 0.0509 e. The van der Waals surface area contributed by atoms with Gasteiger partial charge in [-0.1, -0.05) is 31.9 Å². The maximum atomic E-state index is 4.66. The number of aromatic nitrogens is 1. The molecular weight excluding hydrogens is 206 g/mol. The van der Waals surface area contributed by atoms with Crippen LogP contribution in [-0.4, -0.2) is 4.98 Å². The number of rotatable bonds is 2. The molecule has 0 saturated heterocycles. The van der Waals surface area contributed by atoms with Crippen LogP contribution in [0.1, 0.15) is 62.3 Å². The highest BCUT2D eigenvalue weighted by Gasteiger charge is 2.23. The van der Waals surface area contributed by atoms with Crippen LogP contribution in [0.5, 0.6) is 0 Å². The van der Waals surface area contributed by atoms with Gasteiger partial charge in [-0.15, -0.1) is 0 Å². The van der Waals surface area contributed by atoms with E-state index in [1.165, 1.54) is 42.5 Å². The molecule has 2 atom stereocenters. The lowest BCUT2D eigenvalue weighted by Gasteiger charge is -2.27. The zero-order valence-corrected chi connectivity index (χ0v) is 11.2. The first kappa shape index (κ1) is 12.3. The second kappa shape index (κ2) is 5.48. The van der Waals surface area contributed by atoms with Crippen LogP contribution >= 0.6 is 0 Å². The monoisotopic (exact) mass is 229 g/mol. The van der Waals surface area contributed by atoms with Crippen LogP contribution < -0.4 is 0 Å². The second-order valence-electron chi connectivity index (χ2n) is 5.40.